The predicted molar refractivity (Wildman–Crippen MR) is 148 cm³/mol. The Balaban J connectivity index is 1.36. The second-order valence-electron chi connectivity index (χ2n) is 14.7. The SMILES string of the molecule is CC[N+](C)(C)CCCNC(=O)CC[C@@H](C)[C@H]1CC[C@H]2[C@@H]3[C@H](O)C[C@@H]4C[C@H](O)CC[C@]4(C)[C@H]3C[C@H](O)[C@]12C. The molecule has 4 fully saturated rings. The first-order valence-electron chi connectivity index (χ1n) is 15.5. The molecule has 0 aromatic carbocycles. The van der Waals surface area contributed by atoms with E-state index in [0.717, 1.165) is 81.9 Å². The van der Waals surface area contributed by atoms with Gasteiger partial charge in [-0.15, -0.1) is 0 Å². The van der Waals surface area contributed by atoms with Gasteiger partial charge in [-0.1, -0.05) is 20.8 Å². The summed E-state index contributed by atoms with van der Waals surface area (Å²) in [5, 5.41) is 36.6. The van der Waals surface area contributed by atoms with Gasteiger partial charge >= 0.3 is 0 Å². The number of amides is 1. The van der Waals surface area contributed by atoms with E-state index < -0.39 is 0 Å². The molecule has 214 valence electrons. The van der Waals surface area contributed by atoms with E-state index in [1.54, 1.807) is 0 Å². The van der Waals surface area contributed by atoms with Gasteiger partial charge in [-0.25, -0.2) is 0 Å². The summed E-state index contributed by atoms with van der Waals surface area (Å²) in [4.78, 5) is 12.6. The van der Waals surface area contributed by atoms with Crippen LogP contribution in [0, 0.1) is 46.3 Å². The second-order valence-corrected chi connectivity index (χ2v) is 14.7. The van der Waals surface area contributed by atoms with Crippen molar-refractivity contribution in [3.05, 3.63) is 0 Å². The third-order valence-electron chi connectivity index (χ3n) is 12.5. The largest absolute Gasteiger partial charge is 0.393 e. The number of carbonyl (C=O) groups is 1. The highest BCUT2D eigenvalue weighted by Crippen LogP contribution is 2.68. The molecule has 0 bridgehead atoms. The molecular formula is C31H57N2O4+. The zero-order valence-corrected chi connectivity index (χ0v) is 24.6. The molecule has 4 aliphatic carbocycles. The van der Waals surface area contributed by atoms with Crippen LogP contribution in [-0.4, -0.2) is 77.8 Å². The Morgan fingerprint density at radius 2 is 1.78 bits per heavy atom. The molecule has 37 heavy (non-hydrogen) atoms. The van der Waals surface area contributed by atoms with Gasteiger partial charge in [0.2, 0.25) is 5.91 Å². The number of carbonyl (C=O) groups excluding carboxylic acids is 1. The number of rotatable bonds is 9. The number of hydrogen-bond acceptors (Lipinski definition) is 4. The first-order valence-corrected chi connectivity index (χ1v) is 15.5. The zero-order chi connectivity index (χ0) is 27.2. The van der Waals surface area contributed by atoms with Gasteiger partial charge in [-0.3, -0.25) is 4.79 Å². The normalized spacial score (nSPS) is 44.5. The van der Waals surface area contributed by atoms with E-state index in [2.05, 4.69) is 47.1 Å². The smallest absolute Gasteiger partial charge is 0.220 e. The third-order valence-corrected chi connectivity index (χ3v) is 12.5. The van der Waals surface area contributed by atoms with Crippen molar-refractivity contribution in [1.82, 2.24) is 5.32 Å². The maximum Gasteiger partial charge on any atom is 0.220 e. The summed E-state index contributed by atoms with van der Waals surface area (Å²) in [7, 11) is 4.46. The molecule has 6 heteroatoms. The molecule has 0 aliphatic heterocycles. The van der Waals surface area contributed by atoms with Crippen molar-refractivity contribution < 1.29 is 24.6 Å². The van der Waals surface area contributed by atoms with E-state index in [1.807, 2.05) is 0 Å². The lowest BCUT2D eigenvalue weighted by Crippen LogP contribution is -2.62. The predicted octanol–water partition coefficient (Wildman–Crippen LogP) is 3.97. The number of nitrogens with one attached hydrogen (secondary N) is 1. The van der Waals surface area contributed by atoms with E-state index >= 15 is 0 Å². The van der Waals surface area contributed by atoms with Crippen LogP contribution in [-0.2, 0) is 4.79 Å². The summed E-state index contributed by atoms with van der Waals surface area (Å²) in [5.74, 6) is 2.17. The summed E-state index contributed by atoms with van der Waals surface area (Å²) in [6, 6.07) is 0. The lowest BCUT2D eigenvalue weighted by Gasteiger charge is -2.63. The topological polar surface area (TPSA) is 89.8 Å². The van der Waals surface area contributed by atoms with Crippen LogP contribution in [0.4, 0.5) is 0 Å². The van der Waals surface area contributed by atoms with Crippen LogP contribution in [0.2, 0.25) is 0 Å². The lowest BCUT2D eigenvalue weighted by molar-refractivity contribution is -0.888. The van der Waals surface area contributed by atoms with Gasteiger partial charge in [0.1, 0.15) is 0 Å². The summed E-state index contributed by atoms with van der Waals surface area (Å²) in [5.41, 5.74) is -0.0858. The van der Waals surface area contributed by atoms with Crippen molar-refractivity contribution in [2.75, 3.05) is 33.7 Å². The standard InChI is InChI=1S/C31H56N2O4/c1-7-33(5,6)16-8-15-32-28(37)12-9-20(2)23-10-11-24-29-25(19-27(36)31(23,24)4)30(3)14-13-22(34)17-21(30)18-26(29)35/h20-27,29,34-36H,7-19H2,1-6H3/p+1/t20-,21+,22-,23-,24+,25+,26-,27+,29+,30+,31-/m1/s1. The Labute approximate surface area is 226 Å². The summed E-state index contributed by atoms with van der Waals surface area (Å²) in [6.07, 6.45) is 7.85. The maximum atomic E-state index is 12.6. The molecule has 0 radical (unpaired) electrons. The molecule has 4 saturated carbocycles. The maximum absolute atomic E-state index is 12.6. The molecule has 0 heterocycles. The highest BCUT2D eigenvalue weighted by atomic mass is 16.3. The van der Waals surface area contributed by atoms with Crippen molar-refractivity contribution in [3.63, 3.8) is 0 Å². The first kappa shape index (κ1) is 29.3. The molecule has 0 aromatic heterocycles. The number of aliphatic hydroxyl groups excluding tert-OH is 3. The summed E-state index contributed by atoms with van der Waals surface area (Å²) >= 11 is 0. The Morgan fingerprint density at radius 1 is 1.05 bits per heavy atom. The van der Waals surface area contributed by atoms with Crippen molar-refractivity contribution >= 4 is 5.91 Å². The van der Waals surface area contributed by atoms with E-state index in [9.17, 15) is 20.1 Å². The molecule has 4 rings (SSSR count). The molecular weight excluding hydrogens is 464 g/mol. The fourth-order valence-corrected chi connectivity index (χ4v) is 9.67. The second kappa shape index (κ2) is 11.1. The van der Waals surface area contributed by atoms with Crippen LogP contribution in [0.3, 0.4) is 0 Å². The summed E-state index contributed by atoms with van der Waals surface area (Å²) < 4.78 is 0.981. The number of hydrogen-bond donors (Lipinski definition) is 4. The van der Waals surface area contributed by atoms with Gasteiger partial charge in [-0.2, -0.15) is 0 Å². The van der Waals surface area contributed by atoms with Crippen molar-refractivity contribution in [2.45, 2.75) is 110 Å². The molecule has 6 nitrogen and oxygen atoms in total. The fourth-order valence-electron chi connectivity index (χ4n) is 9.67. The summed E-state index contributed by atoms with van der Waals surface area (Å²) in [6.45, 7) is 12.1. The average molecular weight is 522 g/mol. The van der Waals surface area contributed by atoms with Gasteiger partial charge in [0, 0.05) is 19.4 Å². The molecule has 0 spiro atoms. The number of quaternary nitrogens is 1. The van der Waals surface area contributed by atoms with Crippen LogP contribution in [0.25, 0.3) is 0 Å². The highest BCUT2D eigenvalue weighted by molar-refractivity contribution is 5.75. The van der Waals surface area contributed by atoms with Crippen LogP contribution in [0.5, 0.6) is 0 Å². The van der Waals surface area contributed by atoms with Crippen LogP contribution in [0.1, 0.15) is 91.9 Å². The van der Waals surface area contributed by atoms with E-state index in [0.29, 0.717) is 36.0 Å². The Kier molecular flexibility index (Phi) is 8.76. The Hall–Kier alpha value is -0.690. The minimum atomic E-state index is -0.364. The van der Waals surface area contributed by atoms with E-state index in [4.69, 9.17) is 0 Å². The lowest BCUT2D eigenvalue weighted by atomic mass is 9.43. The van der Waals surface area contributed by atoms with Crippen molar-refractivity contribution in [3.8, 4) is 0 Å². The molecule has 0 aromatic rings. The minimum absolute atomic E-state index is 0.110. The Morgan fingerprint density at radius 3 is 2.49 bits per heavy atom. The van der Waals surface area contributed by atoms with Crippen molar-refractivity contribution in [2.24, 2.45) is 46.3 Å². The van der Waals surface area contributed by atoms with E-state index in [-0.39, 0.29) is 41.0 Å². The minimum Gasteiger partial charge on any atom is -0.393 e. The molecule has 0 saturated heterocycles. The monoisotopic (exact) mass is 521 g/mol. The zero-order valence-electron chi connectivity index (χ0n) is 24.6. The first-order chi connectivity index (χ1) is 17.3. The van der Waals surface area contributed by atoms with Gasteiger partial charge in [-0.05, 0) is 105 Å². The molecule has 0 unspecified atom stereocenters. The fraction of sp³-hybridized carbons (Fsp3) is 0.968. The number of aliphatic hydroxyl groups is 3. The molecule has 4 N–H and O–H groups in total. The van der Waals surface area contributed by atoms with Crippen LogP contribution < -0.4 is 5.32 Å². The Bertz CT molecular complexity index is 804. The quantitative estimate of drug-likeness (QED) is 0.273. The van der Waals surface area contributed by atoms with Gasteiger partial charge < -0.3 is 25.1 Å². The number of nitrogens with zero attached hydrogens (tertiary/aromatic N) is 1. The van der Waals surface area contributed by atoms with Gasteiger partial charge in [0.25, 0.3) is 0 Å². The van der Waals surface area contributed by atoms with Crippen molar-refractivity contribution in [1.29, 1.82) is 0 Å². The third kappa shape index (κ3) is 5.51. The van der Waals surface area contributed by atoms with Crippen LogP contribution in [0.15, 0.2) is 0 Å². The van der Waals surface area contributed by atoms with E-state index in [1.165, 1.54) is 0 Å². The number of fused-ring (bicyclic) bond motifs is 5. The molecule has 11 atom stereocenters. The highest BCUT2D eigenvalue weighted by Gasteiger charge is 2.65. The average Bonchev–Trinajstić information content (AvgIpc) is 3.20. The molecule has 4 aliphatic rings. The molecule has 1 amide bonds. The van der Waals surface area contributed by atoms with Crippen LogP contribution >= 0.6 is 0 Å². The van der Waals surface area contributed by atoms with Gasteiger partial charge in [0.05, 0.1) is 45.5 Å². The van der Waals surface area contributed by atoms with Gasteiger partial charge in [0.15, 0.2) is 0 Å².